The fourth-order valence-electron chi connectivity index (χ4n) is 2.95. The number of pyridine rings is 2. The number of hydrogen-bond donors (Lipinski definition) is 1. The molecule has 4 rings (SSSR count). The van der Waals surface area contributed by atoms with Gasteiger partial charge in [-0.2, -0.15) is 0 Å². The summed E-state index contributed by atoms with van der Waals surface area (Å²) in [5, 5.41) is 2.48. The fraction of sp³-hybridized carbons (Fsp3) is 0.0952. The first kappa shape index (κ1) is 20.0. The normalized spacial score (nSPS) is 10.7. The summed E-state index contributed by atoms with van der Waals surface area (Å²) < 4.78 is 19.5. The molecule has 2 amide bonds. The molecule has 0 radical (unpaired) electrons. The summed E-state index contributed by atoms with van der Waals surface area (Å²) in [5.74, 6) is -0.398. The topological polar surface area (TPSA) is 102 Å². The molecule has 156 valence electrons. The zero-order valence-corrected chi connectivity index (χ0v) is 16.6. The van der Waals surface area contributed by atoms with Gasteiger partial charge in [-0.3, -0.25) is 14.7 Å². The fourth-order valence-corrected chi connectivity index (χ4v) is 2.95. The minimum absolute atomic E-state index is 0.206. The Hall–Kier alpha value is -4.34. The van der Waals surface area contributed by atoms with Crippen LogP contribution in [0.5, 0.6) is 0 Å². The van der Waals surface area contributed by atoms with E-state index in [0.717, 1.165) is 0 Å². The van der Waals surface area contributed by atoms with Crippen LogP contribution in [-0.2, 0) is 4.74 Å². The predicted octanol–water partition coefficient (Wildman–Crippen LogP) is 3.41. The largest absolute Gasteiger partial charge is 0.453 e. The molecular formula is C21H17FN6O3. The van der Waals surface area contributed by atoms with Gasteiger partial charge in [0.15, 0.2) is 0 Å². The van der Waals surface area contributed by atoms with Gasteiger partial charge in [-0.1, -0.05) is 0 Å². The number of carbonyl (C=O) groups is 2. The number of imidazole rings is 1. The maximum atomic E-state index is 13.2. The van der Waals surface area contributed by atoms with Crippen molar-refractivity contribution in [3.63, 3.8) is 0 Å². The van der Waals surface area contributed by atoms with E-state index < -0.39 is 6.09 Å². The van der Waals surface area contributed by atoms with Crippen LogP contribution in [0.25, 0.3) is 16.7 Å². The average molecular weight is 420 g/mol. The highest BCUT2D eigenvalue weighted by Gasteiger charge is 2.17. The molecule has 9 nitrogen and oxygen atoms in total. The SMILES string of the molecule is COC(=O)Nc1ccc(-n2cnc3cnc(C(=O)N(C)c4ccc(F)cc4)cc32)cn1. The van der Waals surface area contributed by atoms with E-state index in [2.05, 4.69) is 25.0 Å². The van der Waals surface area contributed by atoms with E-state index in [9.17, 15) is 14.0 Å². The maximum Gasteiger partial charge on any atom is 0.412 e. The zero-order valence-electron chi connectivity index (χ0n) is 16.6. The van der Waals surface area contributed by atoms with Crippen molar-refractivity contribution in [2.75, 3.05) is 24.4 Å². The molecule has 0 aliphatic heterocycles. The minimum Gasteiger partial charge on any atom is -0.453 e. The monoisotopic (exact) mass is 420 g/mol. The minimum atomic E-state index is -0.618. The van der Waals surface area contributed by atoms with Crippen LogP contribution in [0.2, 0.25) is 0 Å². The number of halogens is 1. The molecule has 0 bridgehead atoms. The van der Waals surface area contributed by atoms with Gasteiger partial charge in [-0.05, 0) is 42.5 Å². The van der Waals surface area contributed by atoms with Gasteiger partial charge in [0, 0.05) is 12.7 Å². The van der Waals surface area contributed by atoms with Crippen LogP contribution in [0.1, 0.15) is 10.5 Å². The van der Waals surface area contributed by atoms with Crippen molar-refractivity contribution >= 4 is 34.5 Å². The van der Waals surface area contributed by atoms with Gasteiger partial charge in [-0.25, -0.2) is 24.1 Å². The second-order valence-electron chi connectivity index (χ2n) is 6.53. The molecule has 3 heterocycles. The first-order valence-corrected chi connectivity index (χ1v) is 9.14. The lowest BCUT2D eigenvalue weighted by molar-refractivity contribution is 0.0988. The van der Waals surface area contributed by atoms with E-state index >= 15 is 0 Å². The van der Waals surface area contributed by atoms with E-state index in [1.165, 1.54) is 42.5 Å². The van der Waals surface area contributed by atoms with Crippen LogP contribution < -0.4 is 10.2 Å². The Kier molecular flexibility index (Phi) is 5.27. The summed E-state index contributed by atoms with van der Waals surface area (Å²) in [7, 11) is 2.86. The molecular weight excluding hydrogens is 403 g/mol. The van der Waals surface area contributed by atoms with Crippen molar-refractivity contribution < 1.29 is 18.7 Å². The standard InChI is InChI=1S/C21H17FN6O3/c1-27(14-5-3-13(22)4-6-14)20(29)16-9-18-17(11-23-16)25-12-28(18)15-7-8-19(24-10-15)26-21(30)31-2/h3-12H,1-2H3,(H,24,26,30). The van der Waals surface area contributed by atoms with Crippen LogP contribution in [0.4, 0.5) is 20.7 Å². The summed E-state index contributed by atoms with van der Waals surface area (Å²) >= 11 is 0. The van der Waals surface area contributed by atoms with Crippen molar-refractivity contribution in [3.05, 3.63) is 72.7 Å². The van der Waals surface area contributed by atoms with Gasteiger partial charge in [0.25, 0.3) is 5.91 Å². The summed E-state index contributed by atoms with van der Waals surface area (Å²) in [4.78, 5) is 38.3. The highest BCUT2D eigenvalue weighted by atomic mass is 19.1. The number of aromatic nitrogens is 4. The second-order valence-corrected chi connectivity index (χ2v) is 6.53. The molecule has 4 aromatic rings. The Morgan fingerprint density at radius 2 is 1.84 bits per heavy atom. The molecule has 10 heteroatoms. The number of fused-ring (bicyclic) bond motifs is 1. The third kappa shape index (κ3) is 4.04. The van der Waals surface area contributed by atoms with Crippen molar-refractivity contribution in [1.29, 1.82) is 0 Å². The summed E-state index contributed by atoms with van der Waals surface area (Å²) in [6.07, 6.45) is 4.04. The van der Waals surface area contributed by atoms with Crippen molar-refractivity contribution in [3.8, 4) is 5.69 Å². The molecule has 1 aromatic carbocycles. The Labute approximate surface area is 176 Å². The number of benzene rings is 1. The molecule has 0 fully saturated rings. The van der Waals surface area contributed by atoms with E-state index in [0.29, 0.717) is 28.2 Å². The molecule has 0 saturated heterocycles. The lowest BCUT2D eigenvalue weighted by Crippen LogP contribution is -2.27. The van der Waals surface area contributed by atoms with E-state index in [-0.39, 0.29) is 17.4 Å². The van der Waals surface area contributed by atoms with E-state index in [1.807, 2.05) is 0 Å². The Morgan fingerprint density at radius 3 is 2.52 bits per heavy atom. The molecule has 0 saturated carbocycles. The average Bonchev–Trinajstić information content (AvgIpc) is 3.22. The van der Waals surface area contributed by atoms with Crippen LogP contribution in [0.3, 0.4) is 0 Å². The maximum absolute atomic E-state index is 13.2. The quantitative estimate of drug-likeness (QED) is 0.543. The zero-order chi connectivity index (χ0) is 22.0. The molecule has 0 atom stereocenters. The molecule has 31 heavy (non-hydrogen) atoms. The molecule has 3 aromatic heterocycles. The van der Waals surface area contributed by atoms with Gasteiger partial charge in [0.1, 0.15) is 29.2 Å². The third-order valence-electron chi connectivity index (χ3n) is 4.61. The number of amides is 2. The highest BCUT2D eigenvalue weighted by molar-refractivity contribution is 6.05. The summed E-state index contributed by atoms with van der Waals surface area (Å²) in [5.41, 5.74) is 2.67. The Morgan fingerprint density at radius 1 is 1.06 bits per heavy atom. The highest BCUT2D eigenvalue weighted by Crippen LogP contribution is 2.21. The summed E-state index contributed by atoms with van der Waals surface area (Å²) in [6.45, 7) is 0. The first-order valence-electron chi connectivity index (χ1n) is 9.14. The number of methoxy groups -OCH3 is 1. The van der Waals surface area contributed by atoms with E-state index in [4.69, 9.17) is 0 Å². The number of rotatable bonds is 4. The smallest absolute Gasteiger partial charge is 0.412 e. The lowest BCUT2D eigenvalue weighted by Gasteiger charge is -2.17. The Bertz CT molecular complexity index is 1250. The molecule has 0 spiro atoms. The van der Waals surface area contributed by atoms with Crippen molar-refractivity contribution in [2.24, 2.45) is 0 Å². The van der Waals surface area contributed by atoms with Crippen LogP contribution in [0.15, 0.2) is 61.2 Å². The molecule has 0 aliphatic carbocycles. The number of nitrogens with zero attached hydrogens (tertiary/aromatic N) is 5. The van der Waals surface area contributed by atoms with Crippen LogP contribution >= 0.6 is 0 Å². The number of anilines is 2. The van der Waals surface area contributed by atoms with E-state index in [1.54, 1.807) is 42.3 Å². The number of ether oxygens (including phenoxy) is 1. The van der Waals surface area contributed by atoms with Gasteiger partial charge in [0.05, 0.1) is 30.7 Å². The predicted molar refractivity (Wildman–Crippen MR) is 112 cm³/mol. The lowest BCUT2D eigenvalue weighted by atomic mass is 10.2. The van der Waals surface area contributed by atoms with Gasteiger partial charge in [-0.15, -0.1) is 0 Å². The molecule has 0 aliphatic rings. The summed E-state index contributed by atoms with van der Waals surface area (Å²) in [6, 6.07) is 10.6. The van der Waals surface area contributed by atoms with Crippen LogP contribution in [0, 0.1) is 5.82 Å². The number of hydrogen-bond acceptors (Lipinski definition) is 6. The van der Waals surface area contributed by atoms with Gasteiger partial charge in [0.2, 0.25) is 0 Å². The van der Waals surface area contributed by atoms with Crippen LogP contribution in [-0.4, -0.2) is 45.7 Å². The Balaban J connectivity index is 1.64. The third-order valence-corrected chi connectivity index (χ3v) is 4.61. The first-order chi connectivity index (χ1) is 15.0. The van der Waals surface area contributed by atoms with Gasteiger partial charge < -0.3 is 9.64 Å². The number of nitrogens with one attached hydrogen (secondary N) is 1. The number of carbonyl (C=O) groups excluding carboxylic acids is 2. The molecule has 1 N–H and O–H groups in total. The van der Waals surface area contributed by atoms with Crippen molar-refractivity contribution in [1.82, 2.24) is 19.5 Å². The van der Waals surface area contributed by atoms with Crippen molar-refractivity contribution in [2.45, 2.75) is 0 Å². The van der Waals surface area contributed by atoms with Gasteiger partial charge >= 0.3 is 6.09 Å². The molecule has 0 unspecified atom stereocenters. The second kappa shape index (κ2) is 8.19.